The monoisotopic (exact) mass is 334 g/mol. The molecule has 0 saturated carbocycles. The second-order valence-corrected chi connectivity index (χ2v) is 6.74. The smallest absolute Gasteiger partial charge is 0.259 e. The lowest BCUT2D eigenvalue weighted by atomic mass is 10.0. The minimum Gasteiger partial charge on any atom is -0.368 e. The predicted octanol–water partition coefficient (Wildman–Crippen LogP) is 1.10. The number of amides is 2. The first-order valence-corrected chi connectivity index (χ1v) is 8.82. The summed E-state index contributed by atoms with van der Waals surface area (Å²) in [6.45, 7) is 6.08. The number of hydrogen-bond acceptors (Lipinski definition) is 5. The number of nitrogens with zero attached hydrogens (tertiary/aromatic N) is 3. The van der Waals surface area contributed by atoms with Crippen molar-refractivity contribution in [2.24, 2.45) is 5.73 Å². The summed E-state index contributed by atoms with van der Waals surface area (Å²) in [5, 5.41) is 3.93. The maximum Gasteiger partial charge on any atom is 0.259 e. The van der Waals surface area contributed by atoms with Gasteiger partial charge in [-0.15, -0.1) is 0 Å². The van der Waals surface area contributed by atoms with Crippen molar-refractivity contribution < 1.29 is 14.1 Å². The number of piperidine rings is 1. The summed E-state index contributed by atoms with van der Waals surface area (Å²) >= 11 is 0. The lowest BCUT2D eigenvalue weighted by Gasteiger charge is -2.38. The molecule has 0 unspecified atom stereocenters. The van der Waals surface area contributed by atoms with Crippen LogP contribution < -0.4 is 5.73 Å². The Balaban J connectivity index is 1.64. The summed E-state index contributed by atoms with van der Waals surface area (Å²) in [6.07, 6.45) is 4.29. The number of aryl methyl sites for hydroxylation is 2. The van der Waals surface area contributed by atoms with E-state index in [4.69, 9.17) is 10.3 Å². The zero-order valence-corrected chi connectivity index (χ0v) is 14.5. The Morgan fingerprint density at radius 2 is 1.96 bits per heavy atom. The van der Waals surface area contributed by atoms with Gasteiger partial charge in [-0.2, -0.15) is 0 Å². The minimum absolute atomic E-state index is 0.0110. The topological polar surface area (TPSA) is 92.7 Å². The molecule has 2 saturated heterocycles. The summed E-state index contributed by atoms with van der Waals surface area (Å²) < 4.78 is 5.24. The average Bonchev–Trinajstić information content (AvgIpc) is 3.21. The van der Waals surface area contributed by atoms with Gasteiger partial charge in [0.2, 0.25) is 5.91 Å². The van der Waals surface area contributed by atoms with E-state index in [0.29, 0.717) is 42.6 Å². The van der Waals surface area contributed by atoms with Crippen molar-refractivity contribution in [3.8, 4) is 0 Å². The van der Waals surface area contributed by atoms with E-state index in [1.165, 1.54) is 0 Å². The summed E-state index contributed by atoms with van der Waals surface area (Å²) in [5.74, 6) is 0.448. The average molecular weight is 334 g/mol. The van der Waals surface area contributed by atoms with Crippen molar-refractivity contribution in [3.05, 3.63) is 17.0 Å². The fourth-order valence-electron chi connectivity index (χ4n) is 4.02. The van der Waals surface area contributed by atoms with Gasteiger partial charge in [0.15, 0.2) is 0 Å². The molecule has 0 spiro atoms. The molecule has 3 rings (SSSR count). The van der Waals surface area contributed by atoms with Crippen LogP contribution in [0, 0.1) is 6.92 Å². The highest BCUT2D eigenvalue weighted by Crippen LogP contribution is 2.27. The quantitative estimate of drug-likeness (QED) is 0.890. The van der Waals surface area contributed by atoms with Gasteiger partial charge in [0.25, 0.3) is 5.91 Å². The predicted molar refractivity (Wildman–Crippen MR) is 88.5 cm³/mol. The molecule has 3 heterocycles. The lowest BCUT2D eigenvalue weighted by Crippen LogP contribution is -2.51. The van der Waals surface area contributed by atoms with E-state index in [1.54, 1.807) is 0 Å². The Morgan fingerprint density at radius 3 is 2.58 bits per heavy atom. The van der Waals surface area contributed by atoms with Crippen LogP contribution in [-0.4, -0.2) is 58.5 Å². The summed E-state index contributed by atoms with van der Waals surface area (Å²) in [7, 11) is 0. The van der Waals surface area contributed by atoms with Crippen LogP contribution in [-0.2, 0) is 11.2 Å². The number of carbonyl (C=O) groups is 2. The number of primary amides is 1. The third kappa shape index (κ3) is 3.05. The largest absolute Gasteiger partial charge is 0.368 e. The molecule has 0 aliphatic carbocycles. The van der Waals surface area contributed by atoms with Crippen molar-refractivity contribution in [1.29, 1.82) is 0 Å². The zero-order chi connectivity index (χ0) is 17.3. The molecule has 1 aromatic rings. The van der Waals surface area contributed by atoms with Crippen LogP contribution in [0.3, 0.4) is 0 Å². The zero-order valence-electron chi connectivity index (χ0n) is 14.5. The highest BCUT2D eigenvalue weighted by atomic mass is 16.5. The van der Waals surface area contributed by atoms with Gasteiger partial charge in [0, 0.05) is 25.6 Å². The minimum atomic E-state index is -0.223. The molecule has 0 radical (unpaired) electrons. The van der Waals surface area contributed by atoms with E-state index in [-0.39, 0.29) is 17.9 Å². The molecular weight excluding hydrogens is 308 g/mol. The molecule has 132 valence electrons. The molecule has 2 aliphatic heterocycles. The third-order valence-corrected chi connectivity index (χ3v) is 5.31. The van der Waals surface area contributed by atoms with E-state index < -0.39 is 0 Å². The molecule has 1 atom stereocenters. The molecule has 2 aliphatic rings. The van der Waals surface area contributed by atoms with Gasteiger partial charge < -0.3 is 15.2 Å². The van der Waals surface area contributed by atoms with Gasteiger partial charge in [-0.25, -0.2) is 0 Å². The molecule has 2 amide bonds. The first kappa shape index (κ1) is 17.0. The maximum atomic E-state index is 12.8. The molecule has 7 heteroatoms. The van der Waals surface area contributed by atoms with Gasteiger partial charge in [0.05, 0.1) is 11.7 Å². The summed E-state index contributed by atoms with van der Waals surface area (Å²) in [4.78, 5) is 28.5. The molecule has 2 fully saturated rings. The molecule has 7 nitrogen and oxygen atoms in total. The number of nitrogens with two attached hydrogens (primary N) is 1. The van der Waals surface area contributed by atoms with Crippen molar-refractivity contribution in [2.45, 2.75) is 58.0 Å². The molecule has 24 heavy (non-hydrogen) atoms. The van der Waals surface area contributed by atoms with Gasteiger partial charge >= 0.3 is 0 Å². The maximum absolute atomic E-state index is 12.8. The lowest BCUT2D eigenvalue weighted by molar-refractivity contribution is -0.123. The highest BCUT2D eigenvalue weighted by molar-refractivity contribution is 5.96. The number of aromatic nitrogens is 1. The molecule has 0 bridgehead atoms. The summed E-state index contributed by atoms with van der Waals surface area (Å²) in [5.41, 5.74) is 6.80. The van der Waals surface area contributed by atoms with Crippen LogP contribution in [0.2, 0.25) is 0 Å². The number of carbonyl (C=O) groups excluding carboxylic acids is 2. The molecule has 2 N–H and O–H groups in total. The Morgan fingerprint density at radius 1 is 1.25 bits per heavy atom. The Hall–Kier alpha value is -1.89. The van der Waals surface area contributed by atoms with Gasteiger partial charge in [-0.05, 0) is 39.2 Å². The van der Waals surface area contributed by atoms with E-state index in [2.05, 4.69) is 10.1 Å². The van der Waals surface area contributed by atoms with Crippen LogP contribution in [0.5, 0.6) is 0 Å². The molecule has 0 aromatic carbocycles. The molecular formula is C17H26N4O3. The van der Waals surface area contributed by atoms with Crippen LogP contribution in [0.15, 0.2) is 4.52 Å². The van der Waals surface area contributed by atoms with Crippen molar-refractivity contribution in [3.63, 3.8) is 0 Å². The highest BCUT2D eigenvalue weighted by Gasteiger charge is 2.37. The fourth-order valence-corrected chi connectivity index (χ4v) is 4.02. The summed E-state index contributed by atoms with van der Waals surface area (Å²) in [6, 6.07) is 0.201. The fraction of sp³-hybridized carbons (Fsp3) is 0.706. The van der Waals surface area contributed by atoms with Crippen molar-refractivity contribution in [1.82, 2.24) is 15.0 Å². The third-order valence-electron chi connectivity index (χ3n) is 5.31. The first-order chi connectivity index (χ1) is 11.5. The van der Waals surface area contributed by atoms with E-state index in [0.717, 1.165) is 32.2 Å². The standard InChI is InChI=1S/C17H26N4O3/c1-3-14-15(11(2)19-24-14)17(23)20-9-6-12(7-10-20)21-8-4-5-13(21)16(18)22/h12-13H,3-10H2,1-2H3,(H2,18,22)/t13-/m0/s1. The Kier molecular flexibility index (Phi) is 4.89. The van der Waals surface area contributed by atoms with Crippen molar-refractivity contribution in [2.75, 3.05) is 19.6 Å². The van der Waals surface area contributed by atoms with Crippen LogP contribution in [0.1, 0.15) is 54.4 Å². The van der Waals surface area contributed by atoms with Crippen LogP contribution in [0.25, 0.3) is 0 Å². The first-order valence-electron chi connectivity index (χ1n) is 8.82. The van der Waals surface area contributed by atoms with E-state index in [1.807, 2.05) is 18.7 Å². The molecule has 1 aromatic heterocycles. The SMILES string of the molecule is CCc1onc(C)c1C(=O)N1CCC(N2CCC[C@H]2C(N)=O)CC1. The Labute approximate surface area is 142 Å². The van der Waals surface area contributed by atoms with Crippen LogP contribution >= 0.6 is 0 Å². The Bertz CT molecular complexity index is 619. The second-order valence-electron chi connectivity index (χ2n) is 6.74. The number of likely N-dealkylation sites (tertiary alicyclic amines) is 2. The van der Waals surface area contributed by atoms with Crippen molar-refractivity contribution >= 4 is 11.8 Å². The second kappa shape index (κ2) is 6.93. The van der Waals surface area contributed by atoms with E-state index in [9.17, 15) is 9.59 Å². The van der Waals surface area contributed by atoms with Gasteiger partial charge in [-0.3, -0.25) is 14.5 Å². The number of rotatable bonds is 4. The van der Waals surface area contributed by atoms with E-state index >= 15 is 0 Å². The normalized spacial score (nSPS) is 22.9. The van der Waals surface area contributed by atoms with Gasteiger partial charge in [-0.1, -0.05) is 12.1 Å². The van der Waals surface area contributed by atoms with Gasteiger partial charge in [0.1, 0.15) is 11.3 Å². The van der Waals surface area contributed by atoms with Crippen LogP contribution in [0.4, 0.5) is 0 Å². The number of hydrogen-bond donors (Lipinski definition) is 1.